The van der Waals surface area contributed by atoms with Crippen molar-refractivity contribution >= 4 is 28.9 Å². The highest BCUT2D eigenvalue weighted by atomic mass is 32.1. The van der Waals surface area contributed by atoms with Crippen molar-refractivity contribution in [1.29, 1.82) is 5.26 Å². The topological polar surface area (TPSA) is 97.1 Å². The number of thiazole rings is 1. The van der Waals surface area contributed by atoms with E-state index in [0.717, 1.165) is 5.69 Å². The quantitative estimate of drug-likeness (QED) is 0.533. The highest BCUT2D eigenvalue weighted by Gasteiger charge is 2.24. The standard InChI is InChI=1S/C18H16N2O4S/c1-12-11-25-18(20-12)14(9-19)16(22)10-24-17(23)8-7-15(21)13-5-3-2-4-6-13/h2-6,11,14H,7-8,10H2,1H3/t14-/m1/s1. The van der Waals surface area contributed by atoms with E-state index in [1.807, 2.05) is 6.07 Å². The van der Waals surface area contributed by atoms with Crippen molar-refractivity contribution in [2.75, 3.05) is 6.61 Å². The van der Waals surface area contributed by atoms with E-state index in [1.165, 1.54) is 11.3 Å². The Balaban J connectivity index is 1.80. The van der Waals surface area contributed by atoms with Crippen LogP contribution in [0, 0.1) is 18.3 Å². The third kappa shape index (κ3) is 5.33. The van der Waals surface area contributed by atoms with Crippen molar-refractivity contribution in [3.05, 3.63) is 52.0 Å². The number of esters is 1. The van der Waals surface area contributed by atoms with Crippen LogP contribution in [0.15, 0.2) is 35.7 Å². The van der Waals surface area contributed by atoms with E-state index in [9.17, 15) is 14.4 Å². The summed E-state index contributed by atoms with van der Waals surface area (Å²) in [5, 5.41) is 11.3. The fraction of sp³-hybridized carbons (Fsp3) is 0.278. The van der Waals surface area contributed by atoms with Gasteiger partial charge in [-0.3, -0.25) is 14.4 Å². The number of ketones is 2. The summed E-state index contributed by atoms with van der Waals surface area (Å²) in [6.45, 7) is 1.26. The van der Waals surface area contributed by atoms with Crippen LogP contribution in [0.4, 0.5) is 0 Å². The first-order valence-corrected chi connectivity index (χ1v) is 8.47. The van der Waals surface area contributed by atoms with Crippen LogP contribution < -0.4 is 0 Å². The number of ether oxygens (including phenoxy) is 1. The molecule has 1 aromatic heterocycles. The number of hydrogen-bond donors (Lipinski definition) is 0. The Hall–Kier alpha value is -2.85. The van der Waals surface area contributed by atoms with Gasteiger partial charge in [-0.2, -0.15) is 5.26 Å². The third-order valence-electron chi connectivity index (χ3n) is 3.36. The Morgan fingerprint density at radius 1 is 1.24 bits per heavy atom. The summed E-state index contributed by atoms with van der Waals surface area (Å²) >= 11 is 1.22. The van der Waals surface area contributed by atoms with E-state index in [0.29, 0.717) is 10.6 Å². The van der Waals surface area contributed by atoms with E-state index >= 15 is 0 Å². The van der Waals surface area contributed by atoms with Crippen molar-refractivity contribution in [3.63, 3.8) is 0 Å². The summed E-state index contributed by atoms with van der Waals surface area (Å²) in [5.74, 6) is -2.39. The molecular formula is C18H16N2O4S. The maximum Gasteiger partial charge on any atom is 0.306 e. The number of hydrogen-bond acceptors (Lipinski definition) is 7. The highest BCUT2D eigenvalue weighted by Crippen LogP contribution is 2.20. The first-order chi connectivity index (χ1) is 12.0. The van der Waals surface area contributed by atoms with Crippen molar-refractivity contribution in [3.8, 4) is 6.07 Å². The van der Waals surface area contributed by atoms with E-state index in [-0.39, 0.29) is 18.6 Å². The number of rotatable bonds is 8. The zero-order chi connectivity index (χ0) is 18.2. The van der Waals surface area contributed by atoms with Crippen LogP contribution in [0.5, 0.6) is 0 Å². The van der Waals surface area contributed by atoms with E-state index in [2.05, 4.69) is 4.98 Å². The molecule has 7 heteroatoms. The second kappa shape index (κ2) is 8.85. The zero-order valence-corrected chi connectivity index (χ0v) is 14.4. The summed E-state index contributed by atoms with van der Waals surface area (Å²) < 4.78 is 4.89. The fourth-order valence-electron chi connectivity index (χ4n) is 2.06. The number of Topliss-reactive ketones (excluding diaryl/α,β-unsaturated/α-hetero) is 2. The van der Waals surface area contributed by atoms with E-state index < -0.39 is 24.3 Å². The van der Waals surface area contributed by atoms with Crippen LogP contribution in [0.3, 0.4) is 0 Å². The number of carbonyl (C=O) groups excluding carboxylic acids is 3. The van der Waals surface area contributed by atoms with Gasteiger partial charge in [0.15, 0.2) is 24.1 Å². The van der Waals surface area contributed by atoms with Crippen molar-refractivity contribution < 1.29 is 19.1 Å². The molecule has 1 aromatic carbocycles. The SMILES string of the molecule is Cc1csc([C@H](C#N)C(=O)COC(=O)CCC(=O)c2ccccc2)n1. The van der Waals surface area contributed by atoms with E-state index in [1.54, 1.807) is 42.6 Å². The Morgan fingerprint density at radius 2 is 1.96 bits per heavy atom. The number of nitrogens with zero attached hydrogens (tertiary/aromatic N) is 2. The molecule has 1 heterocycles. The average molecular weight is 356 g/mol. The number of aromatic nitrogens is 1. The smallest absolute Gasteiger partial charge is 0.306 e. The lowest BCUT2D eigenvalue weighted by atomic mass is 10.1. The lowest BCUT2D eigenvalue weighted by Gasteiger charge is -2.07. The first kappa shape index (κ1) is 18.5. The van der Waals surface area contributed by atoms with Gasteiger partial charge in [0.2, 0.25) is 0 Å². The van der Waals surface area contributed by atoms with Crippen LogP contribution >= 0.6 is 11.3 Å². The average Bonchev–Trinajstić information content (AvgIpc) is 3.05. The van der Waals surface area contributed by atoms with Gasteiger partial charge in [-0.25, -0.2) is 4.98 Å². The molecule has 2 aromatic rings. The van der Waals surface area contributed by atoms with Crippen molar-refractivity contribution in [2.45, 2.75) is 25.7 Å². The normalized spacial score (nSPS) is 11.4. The summed E-state index contributed by atoms with van der Waals surface area (Å²) in [6.07, 6.45) is -0.112. The maximum absolute atomic E-state index is 12.0. The Morgan fingerprint density at radius 3 is 2.56 bits per heavy atom. The molecular weight excluding hydrogens is 340 g/mol. The van der Waals surface area contributed by atoms with Gasteiger partial charge in [-0.15, -0.1) is 11.3 Å². The summed E-state index contributed by atoms with van der Waals surface area (Å²) in [7, 11) is 0. The van der Waals surface area contributed by atoms with Gasteiger partial charge in [-0.05, 0) is 6.92 Å². The minimum atomic E-state index is -1.04. The van der Waals surface area contributed by atoms with Gasteiger partial charge in [0.1, 0.15) is 5.01 Å². The van der Waals surface area contributed by atoms with Gasteiger partial charge in [-0.1, -0.05) is 30.3 Å². The fourth-order valence-corrected chi connectivity index (χ4v) is 2.92. The number of aryl methyl sites for hydroxylation is 1. The van der Waals surface area contributed by atoms with E-state index in [4.69, 9.17) is 10.00 Å². The van der Waals surface area contributed by atoms with Crippen LogP contribution in [0.2, 0.25) is 0 Å². The Labute approximate surface area is 149 Å². The van der Waals surface area contributed by atoms with Gasteiger partial charge >= 0.3 is 5.97 Å². The zero-order valence-electron chi connectivity index (χ0n) is 13.6. The summed E-state index contributed by atoms with van der Waals surface area (Å²) in [6, 6.07) is 10.5. The molecule has 0 aliphatic heterocycles. The molecule has 128 valence electrons. The second-order valence-electron chi connectivity index (χ2n) is 5.31. The molecule has 0 spiro atoms. The van der Waals surface area contributed by atoms with Gasteiger partial charge in [0, 0.05) is 23.1 Å². The molecule has 0 aliphatic rings. The molecule has 6 nitrogen and oxygen atoms in total. The van der Waals surface area contributed by atoms with Crippen LogP contribution in [0.1, 0.15) is 39.8 Å². The minimum absolute atomic E-state index is 0.00436. The molecule has 0 fully saturated rings. The molecule has 0 bridgehead atoms. The highest BCUT2D eigenvalue weighted by molar-refractivity contribution is 7.09. The summed E-state index contributed by atoms with van der Waals surface area (Å²) in [5.41, 5.74) is 1.25. The molecule has 1 atom stereocenters. The maximum atomic E-state index is 12.0. The molecule has 0 unspecified atom stereocenters. The second-order valence-corrected chi connectivity index (χ2v) is 6.20. The van der Waals surface area contributed by atoms with Gasteiger partial charge in [0.05, 0.1) is 12.5 Å². The van der Waals surface area contributed by atoms with Crippen LogP contribution in [0.25, 0.3) is 0 Å². The predicted molar refractivity (Wildman–Crippen MR) is 91.2 cm³/mol. The molecule has 0 saturated heterocycles. The number of nitriles is 1. The van der Waals surface area contributed by atoms with Gasteiger partial charge in [0.25, 0.3) is 0 Å². The lowest BCUT2D eigenvalue weighted by molar-refractivity contribution is -0.148. The Kier molecular flexibility index (Phi) is 6.54. The lowest BCUT2D eigenvalue weighted by Crippen LogP contribution is -2.20. The molecule has 2 rings (SSSR count). The van der Waals surface area contributed by atoms with Crippen molar-refractivity contribution in [2.24, 2.45) is 0 Å². The third-order valence-corrected chi connectivity index (χ3v) is 4.39. The van der Waals surface area contributed by atoms with Crippen LogP contribution in [-0.2, 0) is 14.3 Å². The first-order valence-electron chi connectivity index (χ1n) is 7.59. The predicted octanol–water partition coefficient (Wildman–Crippen LogP) is 2.83. The largest absolute Gasteiger partial charge is 0.458 e. The molecule has 0 N–H and O–H groups in total. The monoisotopic (exact) mass is 356 g/mol. The molecule has 0 amide bonds. The number of benzene rings is 1. The van der Waals surface area contributed by atoms with Crippen LogP contribution in [-0.4, -0.2) is 29.1 Å². The Bertz CT molecular complexity index is 808. The van der Waals surface area contributed by atoms with Crippen molar-refractivity contribution in [1.82, 2.24) is 4.98 Å². The molecule has 25 heavy (non-hydrogen) atoms. The number of carbonyl (C=O) groups is 3. The molecule has 0 saturated carbocycles. The summed E-state index contributed by atoms with van der Waals surface area (Å²) in [4.78, 5) is 39.8. The minimum Gasteiger partial charge on any atom is -0.458 e. The molecule has 0 radical (unpaired) electrons. The van der Waals surface area contributed by atoms with Gasteiger partial charge < -0.3 is 4.74 Å². The molecule has 0 aliphatic carbocycles.